The first-order valence-electron chi connectivity index (χ1n) is 18.3. The number of benzene rings is 8. The van der Waals surface area contributed by atoms with Gasteiger partial charge in [-0.2, -0.15) is 0 Å². The van der Waals surface area contributed by atoms with Gasteiger partial charge in [0.25, 0.3) is 0 Å². The first-order valence-corrected chi connectivity index (χ1v) is 18.3. The summed E-state index contributed by atoms with van der Waals surface area (Å²) < 4.78 is 4.66. The van der Waals surface area contributed by atoms with Crippen LogP contribution in [-0.4, -0.2) is 19.1 Å². The molecular weight excluding hydrogens is 657 g/mol. The van der Waals surface area contributed by atoms with E-state index < -0.39 is 0 Å². The van der Waals surface area contributed by atoms with E-state index in [9.17, 15) is 0 Å². The van der Waals surface area contributed by atoms with Crippen molar-refractivity contribution in [3.63, 3.8) is 0 Å². The fourth-order valence-corrected chi connectivity index (χ4v) is 8.20. The molecule has 54 heavy (non-hydrogen) atoms. The fraction of sp³-hybridized carbons (Fsp3) is 0. The number of fused-ring (bicyclic) bond motifs is 7. The van der Waals surface area contributed by atoms with Crippen LogP contribution in [0, 0.1) is 0 Å². The van der Waals surface area contributed by atoms with Crippen LogP contribution in [0.4, 0.5) is 0 Å². The number of hydrogen-bond donors (Lipinski definition) is 0. The van der Waals surface area contributed by atoms with E-state index in [1.807, 2.05) is 12.1 Å². The third-order valence-electron chi connectivity index (χ3n) is 10.7. The molecule has 0 amide bonds. The molecule has 0 saturated carbocycles. The molecular formula is C50H32N4. The van der Waals surface area contributed by atoms with E-state index in [4.69, 9.17) is 9.97 Å². The van der Waals surface area contributed by atoms with Gasteiger partial charge in [-0.3, -0.25) is 4.57 Å². The number of imidazole rings is 1. The lowest BCUT2D eigenvalue weighted by atomic mass is 9.98. The van der Waals surface area contributed by atoms with Crippen LogP contribution in [0.2, 0.25) is 0 Å². The summed E-state index contributed by atoms with van der Waals surface area (Å²) >= 11 is 0. The van der Waals surface area contributed by atoms with Gasteiger partial charge in [-0.25, -0.2) is 9.97 Å². The summed E-state index contributed by atoms with van der Waals surface area (Å²) in [5.74, 6) is 0.928. The second-order valence-electron chi connectivity index (χ2n) is 13.8. The maximum atomic E-state index is 5.24. The maximum absolute atomic E-state index is 5.24. The smallest absolute Gasteiger partial charge is 0.145 e. The lowest BCUT2D eigenvalue weighted by molar-refractivity contribution is 1.10. The van der Waals surface area contributed by atoms with Crippen molar-refractivity contribution < 1.29 is 0 Å². The lowest BCUT2D eigenvalue weighted by Gasteiger charge is -2.13. The zero-order valence-electron chi connectivity index (χ0n) is 29.3. The van der Waals surface area contributed by atoms with E-state index in [0.717, 1.165) is 78.0 Å². The normalized spacial score (nSPS) is 11.7. The number of pyridine rings is 1. The molecule has 11 rings (SSSR count). The minimum Gasteiger partial charge on any atom is -0.309 e. The average Bonchev–Trinajstić information content (AvgIpc) is 3.79. The summed E-state index contributed by atoms with van der Waals surface area (Å²) in [6.45, 7) is 0. The van der Waals surface area contributed by atoms with Gasteiger partial charge in [0, 0.05) is 44.0 Å². The monoisotopic (exact) mass is 688 g/mol. The Balaban J connectivity index is 1.07. The van der Waals surface area contributed by atoms with Gasteiger partial charge in [0.05, 0.1) is 33.3 Å². The third-order valence-corrected chi connectivity index (χ3v) is 10.7. The average molecular weight is 689 g/mol. The number of hydrogen-bond acceptors (Lipinski definition) is 2. The van der Waals surface area contributed by atoms with Crippen LogP contribution in [0.3, 0.4) is 0 Å². The molecule has 0 atom stereocenters. The highest BCUT2D eigenvalue weighted by atomic mass is 15.1. The van der Waals surface area contributed by atoms with Crippen molar-refractivity contribution in [1.29, 1.82) is 0 Å². The molecule has 0 unspecified atom stereocenters. The SMILES string of the molecule is c1ccc(-c2nc3ccccc3c3cc4c5ccccc5n(-c5cccc(-c6ccc(-c7nc8ccccc8n7-c7ccccc7)cc6)c5)c4cc23)cc1. The molecule has 0 bridgehead atoms. The van der Waals surface area contributed by atoms with E-state index in [1.165, 1.54) is 21.7 Å². The Morgan fingerprint density at radius 2 is 0.926 bits per heavy atom. The molecule has 0 aliphatic rings. The zero-order chi connectivity index (χ0) is 35.6. The Morgan fingerprint density at radius 1 is 0.296 bits per heavy atom. The molecule has 3 aromatic heterocycles. The van der Waals surface area contributed by atoms with Crippen LogP contribution < -0.4 is 0 Å². The van der Waals surface area contributed by atoms with Crippen molar-refractivity contribution in [1.82, 2.24) is 19.1 Å². The molecule has 0 fully saturated rings. The van der Waals surface area contributed by atoms with Gasteiger partial charge in [-0.1, -0.05) is 133 Å². The van der Waals surface area contributed by atoms with E-state index in [1.54, 1.807) is 0 Å². The van der Waals surface area contributed by atoms with Crippen LogP contribution in [0.5, 0.6) is 0 Å². The molecule has 4 heteroatoms. The number of aromatic nitrogens is 4. The molecule has 8 aromatic carbocycles. The zero-order valence-corrected chi connectivity index (χ0v) is 29.3. The standard InChI is InChI=1S/C50H32N4/c1-3-14-34(15-4-1)49-43-32-48-42(31-41(43)39-20-7-9-22-44(39)51-49)40-21-8-11-24-46(40)53(48)38-19-13-16-36(30-38)33-26-28-35(29-27-33)50-52-45-23-10-12-25-47(45)54(50)37-17-5-2-6-18-37/h1-32H. The Kier molecular flexibility index (Phi) is 6.82. The second kappa shape index (κ2) is 12.1. The highest BCUT2D eigenvalue weighted by Crippen LogP contribution is 2.40. The topological polar surface area (TPSA) is 35.6 Å². The molecule has 252 valence electrons. The van der Waals surface area contributed by atoms with Crippen molar-refractivity contribution in [3.8, 4) is 45.1 Å². The Bertz CT molecular complexity index is 3190. The summed E-state index contributed by atoms with van der Waals surface area (Å²) in [5.41, 5.74) is 13.1. The predicted molar refractivity (Wildman–Crippen MR) is 225 cm³/mol. The van der Waals surface area contributed by atoms with Gasteiger partial charge in [0.1, 0.15) is 5.82 Å². The van der Waals surface area contributed by atoms with Gasteiger partial charge in [-0.15, -0.1) is 0 Å². The maximum Gasteiger partial charge on any atom is 0.145 e. The van der Waals surface area contributed by atoms with Crippen molar-refractivity contribution in [2.45, 2.75) is 0 Å². The molecule has 4 nitrogen and oxygen atoms in total. The highest BCUT2D eigenvalue weighted by Gasteiger charge is 2.18. The molecule has 0 saturated heterocycles. The highest BCUT2D eigenvalue weighted by molar-refractivity contribution is 6.20. The van der Waals surface area contributed by atoms with Crippen molar-refractivity contribution in [2.24, 2.45) is 0 Å². The van der Waals surface area contributed by atoms with Crippen LogP contribution in [0.25, 0.3) is 99.7 Å². The fourth-order valence-electron chi connectivity index (χ4n) is 8.20. The molecule has 11 aromatic rings. The van der Waals surface area contributed by atoms with Gasteiger partial charge >= 0.3 is 0 Å². The Morgan fingerprint density at radius 3 is 1.74 bits per heavy atom. The van der Waals surface area contributed by atoms with Crippen LogP contribution in [-0.2, 0) is 0 Å². The van der Waals surface area contributed by atoms with Gasteiger partial charge in [0.15, 0.2) is 0 Å². The Labute approximate surface area is 311 Å². The minimum absolute atomic E-state index is 0.928. The number of rotatable bonds is 5. The van der Waals surface area contributed by atoms with Crippen LogP contribution >= 0.6 is 0 Å². The summed E-state index contributed by atoms with van der Waals surface area (Å²) in [5, 5.41) is 5.97. The first kappa shape index (κ1) is 30.3. The van der Waals surface area contributed by atoms with Crippen molar-refractivity contribution in [2.75, 3.05) is 0 Å². The predicted octanol–water partition coefficient (Wildman–Crippen LogP) is 12.8. The van der Waals surface area contributed by atoms with E-state index in [-0.39, 0.29) is 0 Å². The Hall–Kier alpha value is -7.30. The number of nitrogens with zero attached hydrogens (tertiary/aromatic N) is 4. The molecule has 0 radical (unpaired) electrons. The third kappa shape index (κ3) is 4.78. The van der Waals surface area contributed by atoms with E-state index in [0.29, 0.717) is 0 Å². The van der Waals surface area contributed by atoms with Crippen LogP contribution in [0.1, 0.15) is 0 Å². The molecule has 0 aliphatic heterocycles. The quantitative estimate of drug-likeness (QED) is 0.169. The summed E-state index contributed by atoms with van der Waals surface area (Å²) in [7, 11) is 0. The molecule has 0 aliphatic carbocycles. The van der Waals surface area contributed by atoms with Crippen molar-refractivity contribution >= 4 is 54.5 Å². The molecule has 0 N–H and O–H groups in total. The summed E-state index contributed by atoms with van der Waals surface area (Å²) in [6.07, 6.45) is 0. The minimum atomic E-state index is 0.928. The second-order valence-corrected chi connectivity index (χ2v) is 13.8. The van der Waals surface area contributed by atoms with Crippen LogP contribution in [0.15, 0.2) is 194 Å². The largest absolute Gasteiger partial charge is 0.309 e. The summed E-state index contributed by atoms with van der Waals surface area (Å²) in [4.78, 5) is 10.3. The van der Waals surface area contributed by atoms with Gasteiger partial charge in [0.2, 0.25) is 0 Å². The van der Waals surface area contributed by atoms with Gasteiger partial charge in [-0.05, 0) is 77.2 Å². The molecule has 3 heterocycles. The first-order chi connectivity index (χ1) is 26.8. The number of para-hydroxylation sites is 5. The summed E-state index contributed by atoms with van der Waals surface area (Å²) in [6, 6.07) is 69.0. The lowest BCUT2D eigenvalue weighted by Crippen LogP contribution is -1.97. The van der Waals surface area contributed by atoms with Gasteiger partial charge < -0.3 is 4.57 Å². The van der Waals surface area contributed by atoms with E-state index in [2.05, 4.69) is 191 Å². The van der Waals surface area contributed by atoms with E-state index >= 15 is 0 Å². The molecule has 0 spiro atoms. The van der Waals surface area contributed by atoms with Crippen molar-refractivity contribution in [3.05, 3.63) is 194 Å².